The summed E-state index contributed by atoms with van der Waals surface area (Å²) in [5, 5.41) is 12.6. The van der Waals surface area contributed by atoms with Crippen molar-refractivity contribution < 1.29 is 5.11 Å². The van der Waals surface area contributed by atoms with E-state index >= 15 is 0 Å². The van der Waals surface area contributed by atoms with E-state index in [0.717, 1.165) is 23.1 Å². The highest BCUT2D eigenvalue weighted by atomic mass is 79.9. The van der Waals surface area contributed by atoms with Crippen LogP contribution in [0.3, 0.4) is 0 Å². The highest BCUT2D eigenvalue weighted by Crippen LogP contribution is 2.29. The van der Waals surface area contributed by atoms with Gasteiger partial charge in [0.05, 0.1) is 4.47 Å². The van der Waals surface area contributed by atoms with Crippen LogP contribution >= 0.6 is 15.9 Å². The number of aliphatic hydroxyl groups excluding tert-OH is 1. The Morgan fingerprint density at radius 1 is 1.53 bits per heavy atom. The van der Waals surface area contributed by atoms with Gasteiger partial charge < -0.3 is 10.4 Å². The zero-order chi connectivity index (χ0) is 10.7. The van der Waals surface area contributed by atoms with Crippen LogP contribution in [-0.2, 0) is 0 Å². The van der Waals surface area contributed by atoms with E-state index < -0.39 is 0 Å². The average molecular weight is 272 g/mol. The van der Waals surface area contributed by atoms with Gasteiger partial charge in [0.25, 0.3) is 0 Å². The molecule has 2 N–H and O–H groups in total. The van der Waals surface area contributed by atoms with E-state index in [2.05, 4.69) is 31.2 Å². The maximum Gasteiger partial charge on any atom is 0.143 e. The van der Waals surface area contributed by atoms with E-state index in [-0.39, 0.29) is 6.61 Å². The number of aliphatic hydroxyl groups is 1. The third-order valence-corrected chi connectivity index (χ3v) is 3.46. The molecule has 0 aromatic carbocycles. The molecule has 0 amide bonds. The molecule has 1 fully saturated rings. The zero-order valence-electron chi connectivity index (χ0n) is 8.36. The lowest BCUT2D eigenvalue weighted by molar-refractivity contribution is 0.222. The minimum absolute atomic E-state index is 0.250. The smallest absolute Gasteiger partial charge is 0.143 e. The summed E-state index contributed by atoms with van der Waals surface area (Å²) in [5.41, 5.74) is 0. The first-order chi connectivity index (χ1) is 7.31. The standard InChI is InChI=1S/C10H14BrN3O/c11-8-4-12-6-13-10(8)14-9-3-1-2-7(9)5-15/h4,6-7,9,15H,1-3,5H2,(H,12,13,14). The van der Waals surface area contributed by atoms with Crippen LogP contribution in [0.5, 0.6) is 0 Å². The van der Waals surface area contributed by atoms with Gasteiger partial charge in [-0.25, -0.2) is 9.97 Å². The predicted molar refractivity (Wildman–Crippen MR) is 61.6 cm³/mol. The predicted octanol–water partition coefficient (Wildman–Crippen LogP) is 1.81. The summed E-state index contributed by atoms with van der Waals surface area (Å²) < 4.78 is 0.869. The summed E-state index contributed by atoms with van der Waals surface area (Å²) in [6.07, 6.45) is 6.61. The lowest BCUT2D eigenvalue weighted by Gasteiger charge is -2.19. The molecule has 1 heterocycles. The Morgan fingerprint density at radius 3 is 3.13 bits per heavy atom. The second-order valence-corrected chi connectivity index (χ2v) is 4.70. The summed E-state index contributed by atoms with van der Waals surface area (Å²) >= 11 is 3.40. The topological polar surface area (TPSA) is 58.0 Å². The Balaban J connectivity index is 2.05. The van der Waals surface area contributed by atoms with Crippen molar-refractivity contribution in [2.45, 2.75) is 25.3 Å². The Bertz CT molecular complexity index is 334. The fourth-order valence-electron chi connectivity index (χ4n) is 2.04. The van der Waals surface area contributed by atoms with Gasteiger partial charge in [-0.1, -0.05) is 6.42 Å². The van der Waals surface area contributed by atoms with Crippen molar-refractivity contribution in [2.75, 3.05) is 11.9 Å². The van der Waals surface area contributed by atoms with Gasteiger partial charge in [0.15, 0.2) is 0 Å². The van der Waals surface area contributed by atoms with Crippen molar-refractivity contribution in [1.82, 2.24) is 9.97 Å². The third kappa shape index (κ3) is 2.46. The molecule has 0 spiro atoms. The first-order valence-corrected chi connectivity index (χ1v) is 5.93. The summed E-state index contributed by atoms with van der Waals surface area (Å²) in [6, 6.07) is 0.334. The quantitative estimate of drug-likeness (QED) is 0.881. The highest BCUT2D eigenvalue weighted by Gasteiger charge is 2.27. The fraction of sp³-hybridized carbons (Fsp3) is 0.600. The molecule has 1 saturated carbocycles. The molecular formula is C10H14BrN3O. The average Bonchev–Trinajstić information content (AvgIpc) is 2.69. The van der Waals surface area contributed by atoms with Crippen LogP contribution in [-0.4, -0.2) is 27.7 Å². The Hall–Kier alpha value is -0.680. The van der Waals surface area contributed by atoms with Crippen LogP contribution < -0.4 is 5.32 Å². The van der Waals surface area contributed by atoms with Crippen molar-refractivity contribution in [2.24, 2.45) is 5.92 Å². The molecule has 0 radical (unpaired) electrons. The van der Waals surface area contributed by atoms with E-state index in [1.54, 1.807) is 6.20 Å². The van der Waals surface area contributed by atoms with Crippen molar-refractivity contribution in [1.29, 1.82) is 0 Å². The summed E-state index contributed by atoms with van der Waals surface area (Å²) in [7, 11) is 0. The number of nitrogens with zero attached hydrogens (tertiary/aromatic N) is 2. The summed E-state index contributed by atoms with van der Waals surface area (Å²) in [4.78, 5) is 8.07. The summed E-state index contributed by atoms with van der Waals surface area (Å²) in [5.74, 6) is 1.17. The van der Waals surface area contributed by atoms with Crippen molar-refractivity contribution in [3.8, 4) is 0 Å². The van der Waals surface area contributed by atoms with E-state index in [0.29, 0.717) is 12.0 Å². The second kappa shape index (κ2) is 4.90. The highest BCUT2D eigenvalue weighted by molar-refractivity contribution is 9.10. The van der Waals surface area contributed by atoms with Gasteiger partial charge in [-0.3, -0.25) is 0 Å². The van der Waals surface area contributed by atoms with Gasteiger partial charge in [-0.05, 0) is 28.8 Å². The maximum atomic E-state index is 9.20. The lowest BCUT2D eigenvalue weighted by Crippen LogP contribution is -2.26. The van der Waals surface area contributed by atoms with Crippen LogP contribution in [0, 0.1) is 5.92 Å². The molecule has 5 heteroatoms. The number of halogens is 1. The van der Waals surface area contributed by atoms with Gasteiger partial charge in [0, 0.05) is 24.8 Å². The first-order valence-electron chi connectivity index (χ1n) is 5.14. The molecule has 2 atom stereocenters. The van der Waals surface area contributed by atoms with Crippen LogP contribution in [0.15, 0.2) is 17.0 Å². The molecule has 1 aliphatic carbocycles. The first kappa shape index (κ1) is 10.8. The molecule has 0 saturated heterocycles. The normalized spacial score (nSPS) is 25.5. The Morgan fingerprint density at radius 2 is 2.40 bits per heavy atom. The molecular weight excluding hydrogens is 258 g/mol. The minimum Gasteiger partial charge on any atom is -0.396 e. The molecule has 1 aromatic heterocycles. The van der Waals surface area contributed by atoms with E-state index in [1.165, 1.54) is 12.7 Å². The van der Waals surface area contributed by atoms with Crippen molar-refractivity contribution >= 4 is 21.7 Å². The molecule has 2 rings (SSSR count). The Kier molecular flexibility index (Phi) is 3.53. The van der Waals surface area contributed by atoms with Crippen LogP contribution in [0.25, 0.3) is 0 Å². The molecule has 4 nitrogen and oxygen atoms in total. The van der Waals surface area contributed by atoms with E-state index in [1.807, 2.05) is 0 Å². The fourth-order valence-corrected chi connectivity index (χ4v) is 2.37. The van der Waals surface area contributed by atoms with Crippen molar-refractivity contribution in [3.63, 3.8) is 0 Å². The zero-order valence-corrected chi connectivity index (χ0v) is 9.94. The molecule has 0 bridgehead atoms. The summed E-state index contributed by atoms with van der Waals surface area (Å²) in [6.45, 7) is 0.250. The number of rotatable bonds is 3. The SMILES string of the molecule is OCC1CCCC1Nc1ncncc1Br. The number of nitrogens with one attached hydrogen (secondary N) is 1. The van der Waals surface area contributed by atoms with Gasteiger partial charge in [-0.15, -0.1) is 0 Å². The van der Waals surface area contributed by atoms with Gasteiger partial charge in [0.2, 0.25) is 0 Å². The molecule has 2 unspecified atom stereocenters. The molecule has 1 aromatic rings. The maximum absolute atomic E-state index is 9.20. The number of aromatic nitrogens is 2. The minimum atomic E-state index is 0.250. The molecule has 15 heavy (non-hydrogen) atoms. The largest absolute Gasteiger partial charge is 0.396 e. The van der Waals surface area contributed by atoms with Gasteiger partial charge >= 0.3 is 0 Å². The second-order valence-electron chi connectivity index (χ2n) is 3.84. The molecule has 82 valence electrons. The van der Waals surface area contributed by atoms with Crippen molar-refractivity contribution in [3.05, 3.63) is 17.0 Å². The van der Waals surface area contributed by atoms with E-state index in [9.17, 15) is 5.11 Å². The van der Waals surface area contributed by atoms with Crippen LogP contribution in [0.2, 0.25) is 0 Å². The monoisotopic (exact) mass is 271 g/mol. The van der Waals surface area contributed by atoms with Gasteiger partial charge in [0.1, 0.15) is 12.1 Å². The number of hydrogen-bond acceptors (Lipinski definition) is 4. The lowest BCUT2D eigenvalue weighted by atomic mass is 10.1. The van der Waals surface area contributed by atoms with Crippen LogP contribution in [0.1, 0.15) is 19.3 Å². The number of anilines is 1. The Labute approximate surface area is 97.3 Å². The van der Waals surface area contributed by atoms with Crippen LogP contribution in [0.4, 0.5) is 5.82 Å². The molecule has 1 aliphatic rings. The number of hydrogen-bond donors (Lipinski definition) is 2. The van der Waals surface area contributed by atoms with E-state index in [4.69, 9.17) is 0 Å². The molecule has 0 aliphatic heterocycles. The van der Waals surface area contributed by atoms with Gasteiger partial charge in [-0.2, -0.15) is 0 Å². The third-order valence-electron chi connectivity index (χ3n) is 2.88.